The summed E-state index contributed by atoms with van der Waals surface area (Å²) in [6, 6.07) is 10.5. The van der Waals surface area contributed by atoms with E-state index in [1.807, 2.05) is 6.07 Å². The Morgan fingerprint density at radius 2 is 1.63 bits per heavy atom. The molecule has 7 heteroatoms. The topological polar surface area (TPSA) is 106 Å². The summed E-state index contributed by atoms with van der Waals surface area (Å²) in [7, 11) is 1.53. The highest BCUT2D eigenvalue weighted by atomic mass is 16.6. The first-order valence-corrected chi connectivity index (χ1v) is 8.34. The van der Waals surface area contributed by atoms with Crippen LogP contribution in [0.5, 0.6) is 5.88 Å². The van der Waals surface area contributed by atoms with Gasteiger partial charge < -0.3 is 19.7 Å². The number of methoxy groups -OCH3 is 1. The number of carboxylic acid groups (broad SMARTS) is 2. The molecule has 0 bridgehead atoms. The molecular weight excluding hydrogens is 350 g/mol. The zero-order chi connectivity index (χ0) is 20.2. The summed E-state index contributed by atoms with van der Waals surface area (Å²) < 4.78 is 10.7. The maximum atomic E-state index is 11.8. The Labute approximate surface area is 157 Å². The van der Waals surface area contributed by atoms with Crippen molar-refractivity contribution in [1.29, 1.82) is 0 Å². The fraction of sp³-hybridized carbons (Fsp3) is 0.350. The summed E-state index contributed by atoms with van der Waals surface area (Å²) in [6.45, 7) is 4.85. The van der Waals surface area contributed by atoms with Crippen molar-refractivity contribution in [3.05, 3.63) is 48.2 Å². The quantitative estimate of drug-likeness (QED) is 0.719. The van der Waals surface area contributed by atoms with E-state index in [4.69, 9.17) is 9.47 Å². The van der Waals surface area contributed by atoms with E-state index in [1.54, 1.807) is 57.3 Å². The number of ether oxygens (including phenoxy) is 2. The molecule has 2 N–H and O–H groups in total. The number of aliphatic carboxylic acids is 2. The van der Waals surface area contributed by atoms with Crippen LogP contribution in [-0.4, -0.2) is 45.4 Å². The maximum absolute atomic E-state index is 11.8. The number of aromatic nitrogens is 1. The van der Waals surface area contributed by atoms with Crippen LogP contribution < -0.4 is 4.74 Å². The van der Waals surface area contributed by atoms with E-state index in [1.165, 1.54) is 7.11 Å². The molecule has 0 atom stereocenters. The van der Waals surface area contributed by atoms with Crippen molar-refractivity contribution >= 4 is 11.9 Å². The van der Waals surface area contributed by atoms with Gasteiger partial charge in [-0.2, -0.15) is 0 Å². The largest absolute Gasteiger partial charge is 0.481 e. The molecule has 0 unspecified atom stereocenters. The standard InChI is InChI=1S/C20H23NO6/c1-19(2,3)27-20(17(22)23,18(24)25)12-13-7-9-14(10-8-13)15-6-5-11-21-16(15)26-4/h5-11H,12H2,1-4H3,(H,22,23)(H,24,25). The van der Waals surface area contributed by atoms with Gasteiger partial charge in [0.25, 0.3) is 5.60 Å². The lowest BCUT2D eigenvalue weighted by molar-refractivity contribution is -0.199. The number of carboxylic acids is 2. The van der Waals surface area contributed by atoms with Crippen LogP contribution in [0.3, 0.4) is 0 Å². The molecule has 1 aromatic heterocycles. The molecule has 2 aromatic rings. The lowest BCUT2D eigenvalue weighted by Crippen LogP contribution is -2.54. The van der Waals surface area contributed by atoms with Crippen molar-refractivity contribution in [2.24, 2.45) is 0 Å². The van der Waals surface area contributed by atoms with E-state index in [0.717, 1.165) is 11.1 Å². The predicted molar refractivity (Wildman–Crippen MR) is 98.8 cm³/mol. The van der Waals surface area contributed by atoms with Gasteiger partial charge in [-0.1, -0.05) is 24.3 Å². The van der Waals surface area contributed by atoms with Gasteiger partial charge in [-0.15, -0.1) is 0 Å². The van der Waals surface area contributed by atoms with Crippen molar-refractivity contribution in [3.63, 3.8) is 0 Å². The van der Waals surface area contributed by atoms with E-state index < -0.39 is 23.1 Å². The van der Waals surface area contributed by atoms with Crippen LogP contribution in [0.25, 0.3) is 11.1 Å². The molecule has 0 amide bonds. The Kier molecular flexibility index (Phi) is 5.85. The van der Waals surface area contributed by atoms with Crippen LogP contribution in [0.1, 0.15) is 26.3 Å². The lowest BCUT2D eigenvalue weighted by atomic mass is 9.92. The van der Waals surface area contributed by atoms with E-state index in [9.17, 15) is 19.8 Å². The highest BCUT2D eigenvalue weighted by molar-refractivity contribution is 6.02. The van der Waals surface area contributed by atoms with Crippen molar-refractivity contribution in [2.45, 2.75) is 38.4 Å². The van der Waals surface area contributed by atoms with Gasteiger partial charge in [0.2, 0.25) is 5.88 Å². The molecule has 0 fully saturated rings. The average Bonchev–Trinajstić information content (AvgIpc) is 2.60. The second kappa shape index (κ2) is 7.75. The molecule has 0 saturated carbocycles. The predicted octanol–water partition coefficient (Wildman–Crippen LogP) is 3.02. The smallest absolute Gasteiger partial charge is 0.348 e. The van der Waals surface area contributed by atoms with Gasteiger partial charge in [-0.25, -0.2) is 14.6 Å². The Morgan fingerprint density at radius 1 is 1.04 bits per heavy atom. The first-order chi connectivity index (χ1) is 12.6. The molecule has 0 spiro atoms. The van der Waals surface area contributed by atoms with Gasteiger partial charge in [0.15, 0.2) is 0 Å². The summed E-state index contributed by atoms with van der Waals surface area (Å²) >= 11 is 0. The zero-order valence-electron chi connectivity index (χ0n) is 15.7. The second-order valence-electron chi connectivity index (χ2n) is 7.09. The average molecular weight is 373 g/mol. The van der Waals surface area contributed by atoms with Crippen molar-refractivity contribution in [2.75, 3.05) is 7.11 Å². The number of hydrogen-bond donors (Lipinski definition) is 2. The van der Waals surface area contributed by atoms with Gasteiger partial charge >= 0.3 is 11.9 Å². The molecule has 0 saturated heterocycles. The summed E-state index contributed by atoms with van der Waals surface area (Å²) in [4.78, 5) is 27.7. The van der Waals surface area contributed by atoms with Crippen LogP contribution in [0.2, 0.25) is 0 Å². The molecule has 2 rings (SSSR count). The molecule has 0 radical (unpaired) electrons. The summed E-state index contributed by atoms with van der Waals surface area (Å²) in [5.74, 6) is -2.61. The van der Waals surface area contributed by atoms with E-state index >= 15 is 0 Å². The highest BCUT2D eigenvalue weighted by Gasteiger charge is 2.50. The molecule has 1 heterocycles. The van der Waals surface area contributed by atoms with Gasteiger partial charge in [0.1, 0.15) is 0 Å². The number of hydrogen-bond acceptors (Lipinski definition) is 5. The van der Waals surface area contributed by atoms with Crippen LogP contribution in [0.4, 0.5) is 0 Å². The fourth-order valence-electron chi connectivity index (χ4n) is 2.75. The minimum absolute atomic E-state index is 0.306. The van der Waals surface area contributed by atoms with E-state index in [2.05, 4.69) is 4.98 Å². The summed E-state index contributed by atoms with van der Waals surface area (Å²) in [5, 5.41) is 19.2. The third-order valence-electron chi connectivity index (χ3n) is 3.85. The molecule has 27 heavy (non-hydrogen) atoms. The Balaban J connectivity index is 2.37. The van der Waals surface area contributed by atoms with Crippen molar-refractivity contribution < 1.29 is 29.3 Å². The van der Waals surface area contributed by atoms with Gasteiger partial charge in [0.05, 0.1) is 12.7 Å². The zero-order valence-corrected chi connectivity index (χ0v) is 15.7. The minimum Gasteiger partial charge on any atom is -0.481 e. The van der Waals surface area contributed by atoms with Gasteiger partial charge in [-0.05, 0) is 44.0 Å². The Hall–Kier alpha value is -2.93. The number of carbonyl (C=O) groups is 2. The highest BCUT2D eigenvalue weighted by Crippen LogP contribution is 2.30. The summed E-state index contributed by atoms with van der Waals surface area (Å²) in [6.07, 6.45) is 1.31. The third kappa shape index (κ3) is 4.62. The fourth-order valence-corrected chi connectivity index (χ4v) is 2.75. The second-order valence-corrected chi connectivity index (χ2v) is 7.09. The first kappa shape index (κ1) is 20.4. The normalized spacial score (nSPS) is 11.9. The number of benzene rings is 1. The molecule has 0 aliphatic rings. The molecule has 1 aromatic carbocycles. The van der Waals surface area contributed by atoms with Gasteiger partial charge in [-0.3, -0.25) is 0 Å². The molecular formula is C20H23NO6. The first-order valence-electron chi connectivity index (χ1n) is 8.34. The monoisotopic (exact) mass is 373 g/mol. The third-order valence-corrected chi connectivity index (χ3v) is 3.85. The summed E-state index contributed by atoms with van der Waals surface area (Å²) in [5.41, 5.74) is -1.20. The Bertz CT molecular complexity index is 809. The molecule has 144 valence electrons. The van der Waals surface area contributed by atoms with Crippen molar-refractivity contribution in [1.82, 2.24) is 4.98 Å². The van der Waals surface area contributed by atoms with Crippen LogP contribution >= 0.6 is 0 Å². The Morgan fingerprint density at radius 3 is 2.11 bits per heavy atom. The number of pyridine rings is 1. The van der Waals surface area contributed by atoms with Crippen LogP contribution in [0, 0.1) is 0 Å². The minimum atomic E-state index is -2.37. The van der Waals surface area contributed by atoms with Crippen LogP contribution in [0.15, 0.2) is 42.6 Å². The molecule has 0 aliphatic carbocycles. The maximum Gasteiger partial charge on any atom is 0.348 e. The number of rotatable bonds is 7. The number of nitrogens with zero attached hydrogens (tertiary/aromatic N) is 1. The van der Waals surface area contributed by atoms with E-state index in [-0.39, 0.29) is 6.42 Å². The van der Waals surface area contributed by atoms with Crippen LogP contribution in [-0.2, 0) is 20.7 Å². The SMILES string of the molecule is COc1ncccc1-c1ccc(CC(OC(C)(C)C)(C(=O)O)C(=O)O)cc1. The lowest BCUT2D eigenvalue weighted by Gasteiger charge is -2.33. The molecule has 7 nitrogen and oxygen atoms in total. The molecule has 0 aliphatic heterocycles. The van der Waals surface area contributed by atoms with Gasteiger partial charge in [0, 0.05) is 18.2 Å². The van der Waals surface area contributed by atoms with E-state index in [0.29, 0.717) is 11.4 Å². The van der Waals surface area contributed by atoms with Crippen molar-refractivity contribution in [3.8, 4) is 17.0 Å².